The smallest absolute Gasteiger partial charge is 0.330 e. The van der Waals surface area contributed by atoms with Crippen molar-refractivity contribution in [3.8, 4) is 0 Å². The van der Waals surface area contributed by atoms with E-state index in [2.05, 4.69) is 23.8 Å². The minimum Gasteiger partial charge on any atom is -0.330 e. The van der Waals surface area contributed by atoms with Gasteiger partial charge in [-0.2, -0.15) is 4.90 Å². The Balaban J connectivity index is 2.12. The van der Waals surface area contributed by atoms with Gasteiger partial charge in [0, 0.05) is 27.6 Å². The zero-order valence-corrected chi connectivity index (χ0v) is 16.2. The number of amides is 4. The van der Waals surface area contributed by atoms with Gasteiger partial charge in [-0.1, -0.05) is 39.5 Å². The van der Waals surface area contributed by atoms with Gasteiger partial charge in [-0.3, -0.25) is 4.99 Å². The van der Waals surface area contributed by atoms with E-state index >= 15 is 0 Å². The lowest BCUT2D eigenvalue weighted by molar-refractivity contribution is 0.180. The molecule has 2 aliphatic rings. The first-order valence-electron chi connectivity index (χ1n) is 9.30. The SMILES string of the molecule is CCCC(CCC)CCC1=NCC2C(=N1)N(C(=O)N(C)C)C(=O)N2C. The molecule has 1 fully saturated rings. The quantitative estimate of drug-likeness (QED) is 0.708. The molecule has 1 saturated heterocycles. The van der Waals surface area contributed by atoms with Crippen LogP contribution in [0.25, 0.3) is 0 Å². The third-order valence-corrected chi connectivity index (χ3v) is 4.92. The number of likely N-dealkylation sites (N-methyl/N-ethyl adjacent to an activating group) is 1. The van der Waals surface area contributed by atoms with Crippen LogP contribution < -0.4 is 0 Å². The molecule has 1 atom stereocenters. The maximum Gasteiger partial charge on any atom is 0.334 e. The highest BCUT2D eigenvalue weighted by atomic mass is 16.2. The van der Waals surface area contributed by atoms with Gasteiger partial charge in [0.15, 0.2) is 0 Å². The van der Waals surface area contributed by atoms with Gasteiger partial charge in [0.05, 0.1) is 6.54 Å². The summed E-state index contributed by atoms with van der Waals surface area (Å²) in [5.41, 5.74) is 0. The highest BCUT2D eigenvalue weighted by molar-refractivity contribution is 6.20. The Kier molecular flexibility index (Phi) is 6.56. The van der Waals surface area contributed by atoms with Crippen molar-refractivity contribution in [2.45, 2.75) is 58.4 Å². The monoisotopic (exact) mass is 349 g/mol. The van der Waals surface area contributed by atoms with Crippen LogP contribution in [0.5, 0.6) is 0 Å². The van der Waals surface area contributed by atoms with Crippen LogP contribution in [0, 0.1) is 5.92 Å². The average Bonchev–Trinajstić information content (AvgIpc) is 2.83. The first-order valence-corrected chi connectivity index (χ1v) is 9.30. The summed E-state index contributed by atoms with van der Waals surface area (Å²) in [6.45, 7) is 4.92. The van der Waals surface area contributed by atoms with E-state index in [1.165, 1.54) is 35.5 Å². The van der Waals surface area contributed by atoms with Crippen molar-refractivity contribution < 1.29 is 9.59 Å². The molecule has 0 aromatic rings. The van der Waals surface area contributed by atoms with Crippen molar-refractivity contribution in [1.29, 1.82) is 0 Å². The molecule has 7 heteroatoms. The maximum absolute atomic E-state index is 12.4. The summed E-state index contributed by atoms with van der Waals surface area (Å²) in [6, 6.07) is -0.912. The zero-order chi connectivity index (χ0) is 18.6. The average molecular weight is 349 g/mol. The Hall–Kier alpha value is -1.92. The van der Waals surface area contributed by atoms with Crippen LogP contribution in [0.2, 0.25) is 0 Å². The lowest BCUT2D eigenvalue weighted by Crippen LogP contribution is -2.45. The van der Waals surface area contributed by atoms with Crippen LogP contribution in [-0.4, -0.2) is 72.2 Å². The Labute approximate surface area is 150 Å². The molecule has 7 nitrogen and oxygen atoms in total. The van der Waals surface area contributed by atoms with Crippen molar-refractivity contribution in [2.75, 3.05) is 27.7 Å². The minimum absolute atomic E-state index is 0.234. The molecule has 1 unspecified atom stereocenters. The van der Waals surface area contributed by atoms with E-state index in [1.54, 1.807) is 26.0 Å². The third-order valence-electron chi connectivity index (χ3n) is 4.92. The van der Waals surface area contributed by atoms with E-state index in [0.29, 0.717) is 18.3 Å². The van der Waals surface area contributed by atoms with Crippen LogP contribution in [0.4, 0.5) is 9.59 Å². The number of fused-ring (bicyclic) bond motifs is 1. The Morgan fingerprint density at radius 3 is 2.44 bits per heavy atom. The van der Waals surface area contributed by atoms with Crippen LogP contribution in [0.3, 0.4) is 0 Å². The van der Waals surface area contributed by atoms with Crippen LogP contribution >= 0.6 is 0 Å². The lowest BCUT2D eigenvalue weighted by Gasteiger charge is -2.22. The van der Waals surface area contributed by atoms with Crippen LogP contribution in [0.15, 0.2) is 9.98 Å². The molecule has 0 aliphatic carbocycles. The second kappa shape index (κ2) is 8.45. The first kappa shape index (κ1) is 19.4. The fraction of sp³-hybridized carbons (Fsp3) is 0.778. The topological polar surface area (TPSA) is 68.6 Å². The molecule has 0 aromatic carbocycles. The molecule has 2 rings (SSSR count). The number of carbonyl (C=O) groups is 2. The fourth-order valence-corrected chi connectivity index (χ4v) is 3.50. The van der Waals surface area contributed by atoms with E-state index in [1.807, 2.05) is 0 Å². The highest BCUT2D eigenvalue weighted by Crippen LogP contribution is 2.24. The van der Waals surface area contributed by atoms with Crippen molar-refractivity contribution in [3.63, 3.8) is 0 Å². The van der Waals surface area contributed by atoms with Gasteiger partial charge in [-0.25, -0.2) is 14.6 Å². The normalized spacial score (nSPS) is 19.9. The molecule has 140 valence electrons. The van der Waals surface area contributed by atoms with E-state index in [4.69, 9.17) is 0 Å². The summed E-state index contributed by atoms with van der Waals surface area (Å²) in [6.07, 6.45) is 6.71. The van der Waals surface area contributed by atoms with Gasteiger partial charge in [0.1, 0.15) is 17.7 Å². The molecule has 0 bridgehead atoms. The van der Waals surface area contributed by atoms with Crippen LogP contribution in [0.1, 0.15) is 52.4 Å². The molecular formula is C18H31N5O2. The minimum atomic E-state index is -0.353. The first-order chi connectivity index (χ1) is 11.9. The van der Waals surface area contributed by atoms with E-state index in [-0.39, 0.29) is 18.1 Å². The van der Waals surface area contributed by atoms with Gasteiger partial charge in [-0.15, -0.1) is 0 Å². The Bertz CT molecular complexity index is 556. The number of amidine groups is 2. The van der Waals surface area contributed by atoms with Gasteiger partial charge in [0.2, 0.25) is 0 Å². The van der Waals surface area contributed by atoms with Gasteiger partial charge >= 0.3 is 12.1 Å². The van der Waals surface area contributed by atoms with E-state index in [0.717, 1.165) is 18.7 Å². The molecule has 0 N–H and O–H groups in total. The molecule has 0 aromatic heterocycles. The Morgan fingerprint density at radius 2 is 1.88 bits per heavy atom. The molecule has 2 heterocycles. The molecule has 0 spiro atoms. The maximum atomic E-state index is 12.4. The van der Waals surface area contributed by atoms with Crippen molar-refractivity contribution in [2.24, 2.45) is 15.9 Å². The number of nitrogens with zero attached hydrogens (tertiary/aromatic N) is 5. The molecular weight excluding hydrogens is 318 g/mol. The van der Waals surface area contributed by atoms with Gasteiger partial charge < -0.3 is 9.80 Å². The molecule has 4 amide bonds. The summed E-state index contributed by atoms with van der Waals surface area (Å²) in [5.74, 6) is 1.99. The molecule has 2 aliphatic heterocycles. The number of imide groups is 1. The van der Waals surface area contributed by atoms with Gasteiger partial charge in [0.25, 0.3) is 0 Å². The van der Waals surface area contributed by atoms with Gasteiger partial charge in [-0.05, 0) is 12.3 Å². The fourth-order valence-electron chi connectivity index (χ4n) is 3.50. The third kappa shape index (κ3) is 4.19. The molecule has 25 heavy (non-hydrogen) atoms. The second-order valence-electron chi connectivity index (χ2n) is 7.13. The standard InChI is InChI=1S/C18H31N5O2/c1-6-8-13(9-7-2)10-11-15-19-12-14-16(20-15)23(17(24)21(3)4)18(25)22(14)5/h13-14H,6-12H2,1-5H3. The van der Waals surface area contributed by atoms with E-state index < -0.39 is 0 Å². The lowest BCUT2D eigenvalue weighted by atomic mass is 9.93. The second-order valence-corrected chi connectivity index (χ2v) is 7.13. The summed E-state index contributed by atoms with van der Waals surface area (Å²) in [7, 11) is 4.98. The van der Waals surface area contributed by atoms with E-state index in [9.17, 15) is 9.59 Å². The zero-order valence-electron chi connectivity index (χ0n) is 16.2. The Morgan fingerprint density at radius 1 is 1.24 bits per heavy atom. The number of urea groups is 2. The summed E-state index contributed by atoms with van der Waals surface area (Å²) < 4.78 is 0. The number of aliphatic imine (C=N–C) groups is 2. The summed E-state index contributed by atoms with van der Waals surface area (Å²) in [5, 5.41) is 0. The highest BCUT2D eigenvalue weighted by Gasteiger charge is 2.46. The predicted octanol–water partition coefficient (Wildman–Crippen LogP) is 3.21. The van der Waals surface area contributed by atoms with Crippen molar-refractivity contribution >= 4 is 23.7 Å². The number of hydrogen-bond acceptors (Lipinski definition) is 4. The van der Waals surface area contributed by atoms with Crippen LogP contribution in [-0.2, 0) is 0 Å². The van der Waals surface area contributed by atoms with Crippen molar-refractivity contribution in [1.82, 2.24) is 14.7 Å². The largest absolute Gasteiger partial charge is 0.334 e. The number of carbonyl (C=O) groups excluding carboxylic acids is 2. The molecule has 0 radical (unpaired) electrons. The summed E-state index contributed by atoms with van der Waals surface area (Å²) >= 11 is 0. The number of hydrogen-bond donors (Lipinski definition) is 0. The summed E-state index contributed by atoms with van der Waals surface area (Å²) in [4.78, 5) is 38.1. The molecule has 0 saturated carbocycles. The van der Waals surface area contributed by atoms with Crippen molar-refractivity contribution in [3.05, 3.63) is 0 Å². The predicted molar refractivity (Wildman–Crippen MR) is 100 cm³/mol. The number of rotatable bonds is 7.